The molecule has 3 aromatic rings. The number of nitrogens with zero attached hydrogens (tertiary/aromatic N) is 6. The molecule has 3 aromatic heterocycles. The maximum Gasteiger partial charge on any atom is 0.351 e. The van der Waals surface area contributed by atoms with Crippen LogP contribution >= 0.6 is 11.3 Å². The van der Waals surface area contributed by atoms with Crippen LogP contribution in [0, 0.1) is 5.92 Å². The molecule has 0 saturated carbocycles. The highest BCUT2D eigenvalue weighted by atomic mass is 32.3. The molecule has 2 saturated heterocycles. The number of hydroxylamine groups is 2. The topological polar surface area (TPSA) is 257 Å². The van der Waals surface area contributed by atoms with Gasteiger partial charge in [0.2, 0.25) is 22.5 Å². The summed E-state index contributed by atoms with van der Waals surface area (Å²) in [5.41, 5.74) is 3.58. The van der Waals surface area contributed by atoms with Crippen LogP contribution in [0.2, 0.25) is 0 Å². The molecule has 0 radical (unpaired) electrons. The molecule has 0 spiro atoms. The van der Waals surface area contributed by atoms with Crippen LogP contribution < -0.4 is 25.7 Å². The number of thiazole rings is 1. The molecule has 0 bridgehead atoms. The van der Waals surface area contributed by atoms with E-state index in [0.29, 0.717) is 16.8 Å². The van der Waals surface area contributed by atoms with E-state index >= 15 is 0 Å². The van der Waals surface area contributed by atoms with Crippen molar-refractivity contribution < 1.29 is 50.9 Å². The van der Waals surface area contributed by atoms with Crippen molar-refractivity contribution in [1.29, 1.82) is 0 Å². The van der Waals surface area contributed by atoms with Crippen molar-refractivity contribution in [2.24, 2.45) is 11.1 Å². The summed E-state index contributed by atoms with van der Waals surface area (Å²) in [4.78, 5) is 51.1. The molecule has 21 heteroatoms. The average molecular weight is 680 g/mol. The largest absolute Gasteiger partial charge is 0.724 e. The predicted molar refractivity (Wildman–Crippen MR) is 155 cm³/mol. The van der Waals surface area contributed by atoms with E-state index in [0.717, 1.165) is 31.0 Å². The number of anilines is 1. The number of rotatable bonds is 14. The van der Waals surface area contributed by atoms with Gasteiger partial charge in [-0.2, -0.15) is 13.9 Å². The second-order valence-electron chi connectivity index (χ2n) is 10.8. The van der Waals surface area contributed by atoms with Crippen LogP contribution in [0.25, 0.3) is 5.82 Å². The number of amides is 2. The molecular formula is C25H29N9O10S2. The van der Waals surface area contributed by atoms with Gasteiger partial charge in [-0.15, -0.1) is 11.3 Å². The number of imidazole rings is 1. The molecule has 2 fully saturated rings. The molecule has 5 heterocycles. The molecule has 5 rings (SSSR count). The molecule has 0 aliphatic carbocycles. The summed E-state index contributed by atoms with van der Waals surface area (Å²) in [6.45, 7) is 4.99. The number of nitrogens with two attached hydrogens (primary N) is 1. The zero-order valence-corrected chi connectivity index (χ0v) is 25.9. The molecule has 2 aliphatic heterocycles. The Morgan fingerprint density at radius 1 is 1.37 bits per heavy atom. The fourth-order valence-electron chi connectivity index (χ4n) is 4.48. The van der Waals surface area contributed by atoms with Gasteiger partial charge in [-0.3, -0.25) is 9.59 Å². The minimum Gasteiger partial charge on any atom is -0.724 e. The van der Waals surface area contributed by atoms with Crippen molar-refractivity contribution in [3.05, 3.63) is 48.1 Å². The number of carbonyl (C=O) groups is 3. The lowest BCUT2D eigenvalue weighted by molar-refractivity contribution is -0.703. The van der Waals surface area contributed by atoms with E-state index in [2.05, 4.69) is 34.6 Å². The van der Waals surface area contributed by atoms with Crippen molar-refractivity contribution in [2.75, 3.05) is 25.4 Å². The first kappa shape index (κ1) is 32.7. The number of hydrogen-bond donors (Lipinski definition) is 4. The van der Waals surface area contributed by atoms with Crippen LogP contribution in [0.15, 0.2) is 47.6 Å². The van der Waals surface area contributed by atoms with Crippen molar-refractivity contribution in [3.8, 4) is 11.6 Å². The molecule has 1 unspecified atom stereocenters. The third-order valence-electron chi connectivity index (χ3n) is 7.06. The SMILES string of the molecule is CC1(C)C(NC(=O)/C(=N\O[C@@H](COc2ccc(-n3cc[n+](CC4CNC4)c3)nc2)C(=O)O)c2csc(N)n2)C(=O)N1OS(=O)(=O)[O-]. The summed E-state index contributed by atoms with van der Waals surface area (Å²) in [6, 6.07) is 1.94. The maximum absolute atomic E-state index is 13.2. The van der Waals surface area contributed by atoms with E-state index in [1.54, 1.807) is 12.1 Å². The van der Waals surface area contributed by atoms with Crippen LogP contribution in [-0.4, -0.2) is 98.6 Å². The van der Waals surface area contributed by atoms with Crippen LogP contribution in [-0.2, 0) is 40.4 Å². The number of hydrogen-bond acceptors (Lipinski definition) is 15. The smallest absolute Gasteiger partial charge is 0.351 e. The highest BCUT2D eigenvalue weighted by molar-refractivity contribution is 7.80. The highest BCUT2D eigenvalue weighted by Gasteiger charge is 2.57. The summed E-state index contributed by atoms with van der Waals surface area (Å²) >= 11 is 0.951. The molecule has 46 heavy (non-hydrogen) atoms. The maximum atomic E-state index is 13.2. The Balaban J connectivity index is 1.23. The van der Waals surface area contributed by atoms with Crippen molar-refractivity contribution in [2.45, 2.75) is 38.1 Å². The zero-order valence-electron chi connectivity index (χ0n) is 24.3. The number of carbonyl (C=O) groups excluding carboxylic acids is 2. The van der Waals surface area contributed by atoms with Gasteiger partial charge in [0.25, 0.3) is 17.9 Å². The van der Waals surface area contributed by atoms with Gasteiger partial charge in [0.15, 0.2) is 10.8 Å². The first-order valence-electron chi connectivity index (χ1n) is 13.6. The fraction of sp³-hybridized carbons (Fsp3) is 0.400. The Bertz CT molecular complexity index is 1750. The minimum atomic E-state index is -5.26. The molecule has 2 aliphatic rings. The molecule has 19 nitrogen and oxygen atoms in total. The number of carboxylic acids is 1. The fourth-order valence-corrected chi connectivity index (χ4v) is 5.47. The third kappa shape index (κ3) is 7.39. The van der Waals surface area contributed by atoms with Crippen LogP contribution in [0.5, 0.6) is 5.75 Å². The summed E-state index contributed by atoms with van der Waals surface area (Å²) in [5, 5.41) is 20.7. The second kappa shape index (κ2) is 13.0. The van der Waals surface area contributed by atoms with Crippen molar-refractivity contribution in [1.82, 2.24) is 30.2 Å². The summed E-state index contributed by atoms with van der Waals surface area (Å²) in [5.74, 6) is -2.10. The monoisotopic (exact) mass is 679 g/mol. The van der Waals surface area contributed by atoms with E-state index in [1.807, 2.05) is 23.3 Å². The summed E-state index contributed by atoms with van der Waals surface area (Å²) in [7, 11) is -5.26. The van der Waals surface area contributed by atoms with Gasteiger partial charge in [0.05, 0.1) is 18.3 Å². The number of oxime groups is 1. The number of ether oxygens (including phenoxy) is 1. The first-order valence-corrected chi connectivity index (χ1v) is 15.8. The Kier molecular flexibility index (Phi) is 9.21. The molecule has 2 amide bonds. The molecule has 0 aromatic carbocycles. The van der Waals surface area contributed by atoms with E-state index in [9.17, 15) is 32.5 Å². The predicted octanol–water partition coefficient (Wildman–Crippen LogP) is -1.83. The van der Waals surface area contributed by atoms with Gasteiger partial charge >= 0.3 is 5.97 Å². The lowest BCUT2D eigenvalue weighted by atomic mass is 9.84. The summed E-state index contributed by atoms with van der Waals surface area (Å²) in [6.07, 6.45) is 5.45. The van der Waals surface area contributed by atoms with E-state index < -0.39 is 58.2 Å². The van der Waals surface area contributed by atoms with Gasteiger partial charge in [-0.05, 0) is 19.9 Å². The molecule has 2 atom stereocenters. The Morgan fingerprint density at radius 3 is 2.70 bits per heavy atom. The lowest BCUT2D eigenvalue weighted by Crippen LogP contribution is -2.76. The van der Waals surface area contributed by atoms with Crippen molar-refractivity contribution in [3.63, 3.8) is 0 Å². The number of pyridine rings is 1. The Hall–Kier alpha value is -4.70. The van der Waals surface area contributed by atoms with Gasteiger partial charge in [0, 0.05) is 30.5 Å². The molecule has 246 valence electrons. The number of aromatic nitrogens is 4. The normalized spacial score (nSPS) is 18.8. The Morgan fingerprint density at radius 2 is 2.13 bits per heavy atom. The number of nitrogen functional groups attached to an aromatic ring is 1. The van der Waals surface area contributed by atoms with Crippen LogP contribution in [0.3, 0.4) is 0 Å². The first-order chi connectivity index (χ1) is 21.7. The van der Waals surface area contributed by atoms with Gasteiger partial charge in [0.1, 0.15) is 36.5 Å². The number of aliphatic carboxylic acids is 1. The molecular weight excluding hydrogens is 650 g/mol. The number of nitrogens with one attached hydrogen (secondary N) is 2. The van der Waals surface area contributed by atoms with E-state index in [1.165, 1.54) is 25.4 Å². The standard InChI is InChI=1S/C25H29N9O10S2/c1-25(2)20(22(36)34(25)44-46(39,40)41)30-21(35)19(16-12-45-24(26)29-16)31-43-17(23(37)38)11-42-15-3-4-18(28-9-15)33-6-5-32(13-33)10-14-7-27-8-14/h3-6,9,12-14,17,20,27H,7-8,10-11H2,1-2H3,(H4-,26,29,30,35,37,38,39,40,41)/b31-19-/t17-,20?/m0/s1. The van der Waals surface area contributed by atoms with Gasteiger partial charge < -0.3 is 35.6 Å². The van der Waals surface area contributed by atoms with E-state index in [4.69, 9.17) is 15.3 Å². The zero-order chi connectivity index (χ0) is 33.2. The highest BCUT2D eigenvalue weighted by Crippen LogP contribution is 2.33. The molecule has 5 N–H and O–H groups in total. The van der Waals surface area contributed by atoms with Crippen LogP contribution in [0.4, 0.5) is 5.13 Å². The second-order valence-corrected chi connectivity index (χ2v) is 12.7. The van der Waals surface area contributed by atoms with Crippen LogP contribution in [0.1, 0.15) is 19.5 Å². The quantitative estimate of drug-likeness (QED) is 0.0365. The number of β-lactam (4-membered cyclic amide) rings is 1. The van der Waals surface area contributed by atoms with Gasteiger partial charge in [-0.25, -0.2) is 27.7 Å². The minimum absolute atomic E-state index is 0.0511. The van der Waals surface area contributed by atoms with Crippen molar-refractivity contribution >= 4 is 50.4 Å². The third-order valence-corrected chi connectivity index (χ3v) is 8.06. The lowest BCUT2D eigenvalue weighted by Gasteiger charge is -2.51. The summed E-state index contributed by atoms with van der Waals surface area (Å²) < 4.78 is 46.5. The average Bonchev–Trinajstić information content (AvgIpc) is 3.62. The van der Waals surface area contributed by atoms with E-state index in [-0.39, 0.29) is 16.6 Å². The Labute approximate surface area is 265 Å². The van der Waals surface area contributed by atoms with Gasteiger partial charge in [-0.1, -0.05) is 5.16 Å². The number of carboxylic acid groups (broad SMARTS) is 1.